The van der Waals surface area contributed by atoms with Crippen LogP contribution in [0.25, 0.3) is 10.9 Å². The van der Waals surface area contributed by atoms with Crippen LogP contribution in [0, 0.1) is 0 Å². The van der Waals surface area contributed by atoms with Crippen molar-refractivity contribution in [2.75, 3.05) is 11.5 Å². The molecule has 0 saturated carbocycles. The van der Waals surface area contributed by atoms with Crippen molar-refractivity contribution in [2.45, 2.75) is 38.2 Å². The van der Waals surface area contributed by atoms with Crippen molar-refractivity contribution in [1.29, 1.82) is 0 Å². The zero-order valence-electron chi connectivity index (χ0n) is 23.2. The molecular formula is C33H29N5O5. The van der Waals surface area contributed by atoms with Gasteiger partial charge in [-0.2, -0.15) is 0 Å². The number of benzodiazepines with no additional fused rings is 1. The van der Waals surface area contributed by atoms with Gasteiger partial charge in [-0.1, -0.05) is 66.7 Å². The van der Waals surface area contributed by atoms with Crippen LogP contribution in [0.2, 0.25) is 0 Å². The van der Waals surface area contributed by atoms with Gasteiger partial charge in [0.2, 0.25) is 6.17 Å². The van der Waals surface area contributed by atoms with Gasteiger partial charge >= 0.3 is 0 Å². The number of aliphatic imine (C=N–C) groups is 1. The number of anilines is 1. The molecule has 2 atom stereocenters. The first-order chi connectivity index (χ1) is 21.0. The highest BCUT2D eigenvalue weighted by Crippen LogP contribution is 2.30. The summed E-state index contributed by atoms with van der Waals surface area (Å²) in [5.41, 5.74) is 3.44. The Morgan fingerprint density at radius 2 is 1.74 bits per heavy atom. The number of hydrogen-bond acceptors (Lipinski definition) is 6. The van der Waals surface area contributed by atoms with Crippen molar-refractivity contribution in [3.8, 4) is 0 Å². The Balaban J connectivity index is 1.28. The summed E-state index contributed by atoms with van der Waals surface area (Å²) in [5.74, 6) is -0.637. The molecule has 2 N–H and O–H groups in total. The van der Waals surface area contributed by atoms with Crippen molar-refractivity contribution in [2.24, 2.45) is 4.99 Å². The maximum atomic E-state index is 14.3. The molecule has 0 radical (unpaired) electrons. The lowest BCUT2D eigenvalue weighted by Gasteiger charge is -2.25. The van der Waals surface area contributed by atoms with E-state index < -0.39 is 24.2 Å². The third-order valence-corrected chi connectivity index (χ3v) is 7.75. The fourth-order valence-electron chi connectivity index (χ4n) is 5.65. The van der Waals surface area contributed by atoms with Crippen molar-refractivity contribution in [3.63, 3.8) is 0 Å². The van der Waals surface area contributed by atoms with Crippen LogP contribution < -0.4 is 15.8 Å². The van der Waals surface area contributed by atoms with Gasteiger partial charge in [0.25, 0.3) is 17.4 Å². The minimum atomic E-state index is -1.25. The van der Waals surface area contributed by atoms with Gasteiger partial charge in [-0.15, -0.1) is 4.74 Å². The third-order valence-electron chi connectivity index (χ3n) is 7.75. The van der Waals surface area contributed by atoms with Crippen LogP contribution in [0.15, 0.2) is 105 Å². The van der Waals surface area contributed by atoms with Crippen LogP contribution in [-0.2, 0) is 16.1 Å². The number of benzene rings is 3. The highest BCUT2D eigenvalue weighted by molar-refractivity contribution is 6.20. The van der Waals surface area contributed by atoms with Crippen molar-refractivity contribution in [3.05, 3.63) is 124 Å². The molecule has 2 unspecified atom stereocenters. The second-order valence-corrected chi connectivity index (χ2v) is 10.6. The Kier molecular flexibility index (Phi) is 6.96. The predicted molar refractivity (Wildman–Crippen MR) is 161 cm³/mol. The maximum absolute atomic E-state index is 14.3. The van der Waals surface area contributed by atoms with E-state index in [1.807, 2.05) is 78.9 Å². The number of fused-ring (bicyclic) bond motifs is 2. The molecule has 7 rings (SSSR count). The van der Waals surface area contributed by atoms with E-state index in [1.54, 1.807) is 6.07 Å². The third kappa shape index (κ3) is 5.17. The van der Waals surface area contributed by atoms with Gasteiger partial charge < -0.3 is 24.5 Å². The second kappa shape index (κ2) is 11.2. The van der Waals surface area contributed by atoms with Crippen LogP contribution in [0.4, 0.5) is 5.69 Å². The Morgan fingerprint density at radius 1 is 0.953 bits per heavy atom. The molecule has 10 heteroatoms. The molecule has 2 aromatic heterocycles. The molecule has 216 valence electrons. The summed E-state index contributed by atoms with van der Waals surface area (Å²) in [4.78, 5) is 50.1. The molecular weight excluding hydrogens is 546 g/mol. The number of nitrogens with zero attached hydrogens (tertiary/aromatic N) is 3. The summed E-state index contributed by atoms with van der Waals surface area (Å²) >= 11 is 0. The topological polar surface area (TPSA) is 122 Å². The van der Waals surface area contributed by atoms with E-state index in [0.29, 0.717) is 41.4 Å². The lowest BCUT2D eigenvalue weighted by atomic mass is 10.0. The molecule has 5 aromatic rings. The number of carbonyl (C=O) groups excluding carboxylic acids is 2. The Hall–Kier alpha value is -5.22. The number of hydrogen-bond donors (Lipinski definition) is 2. The molecule has 1 fully saturated rings. The zero-order valence-corrected chi connectivity index (χ0v) is 23.2. The first-order valence-electron chi connectivity index (χ1n) is 14.3. The van der Waals surface area contributed by atoms with Gasteiger partial charge in [-0.3, -0.25) is 14.4 Å². The molecule has 10 nitrogen and oxygen atoms in total. The van der Waals surface area contributed by atoms with Gasteiger partial charge in [0, 0.05) is 34.7 Å². The molecule has 0 aliphatic carbocycles. The summed E-state index contributed by atoms with van der Waals surface area (Å²) in [7, 11) is 0. The van der Waals surface area contributed by atoms with Gasteiger partial charge in [0.15, 0.2) is 12.0 Å². The van der Waals surface area contributed by atoms with Gasteiger partial charge in [-0.25, -0.2) is 4.99 Å². The lowest BCUT2D eigenvalue weighted by molar-refractivity contribution is -0.120. The van der Waals surface area contributed by atoms with E-state index >= 15 is 0 Å². The number of aromatic nitrogens is 2. The summed E-state index contributed by atoms with van der Waals surface area (Å²) < 4.78 is 12.9. The number of carbonyl (C=O) groups is 2. The van der Waals surface area contributed by atoms with Crippen LogP contribution in [-0.4, -0.2) is 40.0 Å². The second-order valence-electron chi connectivity index (χ2n) is 10.6. The standard InChI is InChI=1S/C33H29N5O5/c39-28-19-23(43-38(28)29-16-8-9-17-42-29)20-37-27-15-7-5-13-24(27)30(21-10-2-1-3-11-21)35-31(33(37)41)36-32(40)26-18-22-12-4-6-14-25(22)34-26/h1-7,10-15,18-19,29,31,34H,8-9,16-17,20H2,(H,36,40). The molecule has 43 heavy (non-hydrogen) atoms. The van der Waals surface area contributed by atoms with E-state index in [2.05, 4.69) is 10.3 Å². The highest BCUT2D eigenvalue weighted by Gasteiger charge is 2.34. The molecule has 4 heterocycles. The SMILES string of the molecule is O=C(NC1N=C(c2ccccc2)c2ccccc2N(Cc2cc(=O)n(C3CCCCO3)o2)C1=O)c1cc2ccccc2[nH]1. The Labute approximate surface area is 246 Å². The van der Waals surface area contributed by atoms with E-state index in [-0.39, 0.29) is 12.1 Å². The molecule has 3 aromatic carbocycles. The van der Waals surface area contributed by atoms with Crippen LogP contribution >= 0.6 is 0 Å². The van der Waals surface area contributed by atoms with E-state index in [4.69, 9.17) is 14.3 Å². The minimum Gasteiger partial charge on any atom is -0.376 e. The average Bonchev–Trinajstić information content (AvgIpc) is 3.63. The largest absolute Gasteiger partial charge is 0.376 e. The Bertz CT molecular complexity index is 1860. The number of rotatable bonds is 6. The number of ether oxygens (including phenoxy) is 1. The molecule has 0 spiro atoms. The summed E-state index contributed by atoms with van der Waals surface area (Å²) in [6.07, 6.45) is 0.819. The van der Waals surface area contributed by atoms with Gasteiger partial charge in [0.1, 0.15) is 5.69 Å². The van der Waals surface area contributed by atoms with Crippen molar-refractivity contribution >= 4 is 34.1 Å². The van der Waals surface area contributed by atoms with E-state index in [1.165, 1.54) is 15.7 Å². The number of aromatic amines is 1. The number of para-hydroxylation sites is 2. The monoisotopic (exact) mass is 575 g/mol. The normalized spacial score (nSPS) is 18.7. The molecule has 2 aliphatic rings. The fourth-order valence-corrected chi connectivity index (χ4v) is 5.65. The van der Waals surface area contributed by atoms with Crippen LogP contribution in [0.3, 0.4) is 0 Å². The molecule has 0 bridgehead atoms. The summed E-state index contributed by atoms with van der Waals surface area (Å²) in [5, 5.41) is 3.72. The predicted octanol–water partition coefficient (Wildman–Crippen LogP) is 4.76. The highest BCUT2D eigenvalue weighted by atomic mass is 16.6. The summed E-state index contributed by atoms with van der Waals surface area (Å²) in [6.45, 7) is 0.517. The zero-order chi connectivity index (χ0) is 29.3. The van der Waals surface area contributed by atoms with Crippen molar-refractivity contribution < 1.29 is 18.8 Å². The van der Waals surface area contributed by atoms with Gasteiger partial charge in [-0.05, 0) is 37.5 Å². The first-order valence-corrected chi connectivity index (χ1v) is 14.3. The first kappa shape index (κ1) is 26.7. The smallest absolute Gasteiger partial charge is 0.285 e. The average molecular weight is 576 g/mol. The van der Waals surface area contributed by atoms with E-state index in [0.717, 1.165) is 29.3 Å². The summed E-state index contributed by atoms with van der Waals surface area (Å²) in [6, 6.07) is 27.6. The number of H-pyrrole nitrogens is 1. The Morgan fingerprint density at radius 3 is 2.56 bits per heavy atom. The molecule has 1 saturated heterocycles. The maximum Gasteiger partial charge on any atom is 0.285 e. The minimum absolute atomic E-state index is 0.0405. The lowest BCUT2D eigenvalue weighted by Crippen LogP contribution is -2.47. The van der Waals surface area contributed by atoms with Gasteiger partial charge in [0.05, 0.1) is 17.9 Å². The molecule has 2 amide bonds. The van der Waals surface area contributed by atoms with Crippen LogP contribution in [0.1, 0.15) is 52.9 Å². The van der Waals surface area contributed by atoms with Crippen LogP contribution in [0.5, 0.6) is 0 Å². The van der Waals surface area contributed by atoms with Crippen molar-refractivity contribution in [1.82, 2.24) is 15.0 Å². The number of nitrogens with one attached hydrogen (secondary N) is 2. The number of amides is 2. The fraction of sp³-hybridized carbons (Fsp3) is 0.212. The molecule has 2 aliphatic heterocycles. The van der Waals surface area contributed by atoms with E-state index in [9.17, 15) is 14.4 Å². The quantitative estimate of drug-likeness (QED) is 0.302.